The zero-order chi connectivity index (χ0) is 13.4. The number of fused-ring (bicyclic) bond motifs is 1. The van der Waals surface area contributed by atoms with E-state index in [9.17, 15) is 4.79 Å². The normalized spacial score (nSPS) is 16.8. The fourth-order valence-electron chi connectivity index (χ4n) is 1.90. The molecule has 3 rings (SSSR count). The molecule has 19 heavy (non-hydrogen) atoms. The van der Waals surface area contributed by atoms with E-state index >= 15 is 0 Å². The summed E-state index contributed by atoms with van der Waals surface area (Å²) in [6.07, 6.45) is -0.0304. The molecule has 98 valence electrons. The topological polar surface area (TPSA) is 64.1 Å². The molecule has 5 nitrogen and oxygen atoms in total. The maximum absolute atomic E-state index is 12.0. The van der Waals surface area contributed by atoms with Gasteiger partial charge in [0.05, 0.1) is 0 Å². The lowest BCUT2D eigenvalue weighted by Crippen LogP contribution is -2.31. The van der Waals surface area contributed by atoms with E-state index in [1.165, 1.54) is 11.3 Å². The van der Waals surface area contributed by atoms with Crippen molar-refractivity contribution in [1.29, 1.82) is 0 Å². The van der Waals surface area contributed by atoms with E-state index in [-0.39, 0.29) is 5.91 Å². The summed E-state index contributed by atoms with van der Waals surface area (Å²) >= 11 is 7.24. The molecule has 0 unspecified atom stereocenters. The van der Waals surface area contributed by atoms with Crippen LogP contribution in [0, 0.1) is 6.92 Å². The van der Waals surface area contributed by atoms with Crippen LogP contribution in [0.25, 0.3) is 0 Å². The molecule has 0 bridgehead atoms. The van der Waals surface area contributed by atoms with Gasteiger partial charge in [-0.3, -0.25) is 10.1 Å². The number of aromatic nitrogens is 2. The molecule has 1 amide bonds. The number of carbonyl (C=O) groups is 1. The van der Waals surface area contributed by atoms with Crippen LogP contribution in [0.5, 0.6) is 5.75 Å². The molecule has 1 aromatic heterocycles. The predicted molar refractivity (Wildman–Crippen MR) is 72.8 cm³/mol. The summed E-state index contributed by atoms with van der Waals surface area (Å²) < 4.78 is 5.59. The number of ether oxygens (including phenoxy) is 1. The van der Waals surface area contributed by atoms with E-state index in [1.54, 1.807) is 12.1 Å². The monoisotopic (exact) mass is 295 g/mol. The number of nitrogens with one attached hydrogen (secondary N) is 1. The Labute approximate surface area is 118 Å². The van der Waals surface area contributed by atoms with Gasteiger partial charge in [0.2, 0.25) is 5.13 Å². The molecule has 0 aliphatic carbocycles. The quantitative estimate of drug-likeness (QED) is 0.924. The third-order valence-electron chi connectivity index (χ3n) is 2.75. The Bertz CT molecular complexity index is 644. The second-order valence-electron chi connectivity index (χ2n) is 4.18. The number of amides is 1. The molecule has 1 atom stereocenters. The highest BCUT2D eigenvalue weighted by molar-refractivity contribution is 7.15. The van der Waals surface area contributed by atoms with E-state index in [0.717, 1.165) is 10.6 Å². The number of nitrogens with zero attached hydrogens (tertiary/aromatic N) is 2. The molecule has 1 aliphatic heterocycles. The van der Waals surface area contributed by atoms with Gasteiger partial charge in [0, 0.05) is 11.4 Å². The third-order valence-corrected chi connectivity index (χ3v) is 3.73. The van der Waals surface area contributed by atoms with Gasteiger partial charge in [-0.2, -0.15) is 0 Å². The van der Waals surface area contributed by atoms with Crippen molar-refractivity contribution >= 4 is 34.0 Å². The molecule has 1 N–H and O–H groups in total. The standard InChI is InChI=1S/C12H10ClN3O2S/c1-6-15-16-12(19-6)14-11(17)10-5-7-4-8(13)2-3-9(7)18-10/h2-4,10H,5H2,1H3,(H,14,16,17)/t10-/m0/s1. The van der Waals surface area contributed by atoms with Crippen molar-refractivity contribution < 1.29 is 9.53 Å². The van der Waals surface area contributed by atoms with Crippen LogP contribution in [0.2, 0.25) is 5.02 Å². The fourth-order valence-corrected chi connectivity index (χ4v) is 2.69. The van der Waals surface area contributed by atoms with Gasteiger partial charge in [-0.25, -0.2) is 0 Å². The van der Waals surface area contributed by atoms with Crippen molar-refractivity contribution in [3.8, 4) is 5.75 Å². The number of rotatable bonds is 2. The van der Waals surface area contributed by atoms with Gasteiger partial charge in [-0.05, 0) is 30.7 Å². The molecule has 7 heteroatoms. The second-order valence-corrected chi connectivity index (χ2v) is 5.80. The Balaban J connectivity index is 1.70. The average molecular weight is 296 g/mol. The first kappa shape index (κ1) is 12.4. The van der Waals surface area contributed by atoms with Crippen LogP contribution in [0.3, 0.4) is 0 Å². The molecule has 0 saturated carbocycles. The molecule has 0 saturated heterocycles. The number of anilines is 1. The third kappa shape index (κ3) is 2.54. The Morgan fingerprint density at radius 3 is 3.11 bits per heavy atom. The van der Waals surface area contributed by atoms with Crippen molar-refractivity contribution in [3.63, 3.8) is 0 Å². The van der Waals surface area contributed by atoms with Crippen LogP contribution in [0.1, 0.15) is 10.6 Å². The molecule has 0 radical (unpaired) electrons. The van der Waals surface area contributed by atoms with E-state index in [0.29, 0.717) is 22.3 Å². The second kappa shape index (κ2) is 4.79. The highest BCUT2D eigenvalue weighted by atomic mass is 35.5. The van der Waals surface area contributed by atoms with Gasteiger partial charge in [0.1, 0.15) is 10.8 Å². The molecule has 0 spiro atoms. The van der Waals surface area contributed by atoms with Gasteiger partial charge in [0.15, 0.2) is 6.10 Å². The van der Waals surface area contributed by atoms with Crippen LogP contribution in [0.15, 0.2) is 18.2 Å². The van der Waals surface area contributed by atoms with Crippen LogP contribution >= 0.6 is 22.9 Å². The lowest BCUT2D eigenvalue weighted by molar-refractivity contribution is -0.122. The molecular formula is C12H10ClN3O2S. The lowest BCUT2D eigenvalue weighted by Gasteiger charge is -2.08. The Morgan fingerprint density at radius 2 is 2.37 bits per heavy atom. The van der Waals surface area contributed by atoms with Gasteiger partial charge in [0.25, 0.3) is 5.91 Å². The summed E-state index contributed by atoms with van der Waals surface area (Å²) in [7, 11) is 0. The first-order valence-electron chi connectivity index (χ1n) is 5.68. The SMILES string of the molecule is Cc1nnc(NC(=O)[C@@H]2Cc3cc(Cl)ccc3O2)s1. The van der Waals surface area contributed by atoms with E-state index in [1.807, 2.05) is 13.0 Å². The van der Waals surface area contributed by atoms with Crippen LogP contribution in [0.4, 0.5) is 5.13 Å². The summed E-state index contributed by atoms with van der Waals surface area (Å²) in [6, 6.07) is 5.34. The Hall–Kier alpha value is -1.66. The number of benzene rings is 1. The molecular weight excluding hydrogens is 286 g/mol. The molecule has 0 fully saturated rings. The summed E-state index contributed by atoms with van der Waals surface area (Å²) in [4.78, 5) is 12.0. The number of halogens is 1. The van der Waals surface area contributed by atoms with Crippen LogP contribution in [-0.4, -0.2) is 22.2 Å². The van der Waals surface area contributed by atoms with Gasteiger partial charge < -0.3 is 4.74 Å². The predicted octanol–water partition coefficient (Wildman–Crippen LogP) is 2.44. The fraction of sp³-hybridized carbons (Fsp3) is 0.250. The van der Waals surface area contributed by atoms with Crippen LogP contribution in [-0.2, 0) is 11.2 Å². The summed E-state index contributed by atoms with van der Waals surface area (Å²) in [5.41, 5.74) is 0.945. The molecule has 1 aromatic carbocycles. The number of aryl methyl sites for hydroxylation is 1. The molecule has 2 aromatic rings. The molecule has 2 heterocycles. The van der Waals surface area contributed by atoms with E-state index in [4.69, 9.17) is 16.3 Å². The average Bonchev–Trinajstić information content (AvgIpc) is 2.95. The first-order valence-corrected chi connectivity index (χ1v) is 6.87. The summed E-state index contributed by atoms with van der Waals surface area (Å²) in [5.74, 6) is 0.487. The van der Waals surface area contributed by atoms with E-state index < -0.39 is 6.10 Å². The Kier molecular flexibility index (Phi) is 3.12. The maximum atomic E-state index is 12.0. The van der Waals surface area contributed by atoms with Crippen molar-refractivity contribution in [2.75, 3.05) is 5.32 Å². The largest absolute Gasteiger partial charge is 0.480 e. The van der Waals surface area contributed by atoms with Gasteiger partial charge in [-0.1, -0.05) is 22.9 Å². The van der Waals surface area contributed by atoms with E-state index in [2.05, 4.69) is 15.5 Å². The minimum atomic E-state index is -0.544. The highest BCUT2D eigenvalue weighted by Gasteiger charge is 2.29. The maximum Gasteiger partial charge on any atom is 0.267 e. The minimum absolute atomic E-state index is 0.219. The van der Waals surface area contributed by atoms with Crippen LogP contribution < -0.4 is 10.1 Å². The van der Waals surface area contributed by atoms with Crippen molar-refractivity contribution in [3.05, 3.63) is 33.8 Å². The molecule has 1 aliphatic rings. The smallest absolute Gasteiger partial charge is 0.267 e. The summed E-state index contributed by atoms with van der Waals surface area (Å²) in [6.45, 7) is 1.83. The zero-order valence-electron chi connectivity index (χ0n) is 10.0. The zero-order valence-corrected chi connectivity index (χ0v) is 11.6. The lowest BCUT2D eigenvalue weighted by atomic mass is 10.1. The van der Waals surface area contributed by atoms with Crippen molar-refractivity contribution in [1.82, 2.24) is 10.2 Å². The van der Waals surface area contributed by atoms with Crippen molar-refractivity contribution in [2.24, 2.45) is 0 Å². The highest BCUT2D eigenvalue weighted by Crippen LogP contribution is 2.31. The minimum Gasteiger partial charge on any atom is -0.480 e. The first-order chi connectivity index (χ1) is 9.11. The van der Waals surface area contributed by atoms with Gasteiger partial charge in [-0.15, -0.1) is 10.2 Å². The number of hydrogen-bond donors (Lipinski definition) is 1. The van der Waals surface area contributed by atoms with Gasteiger partial charge >= 0.3 is 0 Å². The summed E-state index contributed by atoms with van der Waals surface area (Å²) in [5, 5.41) is 12.3. The number of hydrogen-bond acceptors (Lipinski definition) is 5. The Morgan fingerprint density at radius 1 is 1.53 bits per heavy atom. The van der Waals surface area contributed by atoms with Crippen molar-refractivity contribution in [2.45, 2.75) is 19.4 Å². The number of carbonyl (C=O) groups excluding carboxylic acids is 1.